The number of aryl methyl sites for hydroxylation is 3. The van der Waals surface area contributed by atoms with Crippen LogP contribution in [0, 0.1) is 32.5 Å². The van der Waals surface area contributed by atoms with Gasteiger partial charge in [-0.2, -0.15) is 26.3 Å². The topological polar surface area (TPSA) is 183 Å². The number of hydrogen-bond donors (Lipinski definition) is 3. The third-order valence-corrected chi connectivity index (χ3v) is 9.42. The number of nitrogens with zero attached hydrogens (tertiary/aromatic N) is 5. The smallest absolute Gasteiger partial charge is 0.296 e. The Balaban J connectivity index is 1.38. The van der Waals surface area contributed by atoms with Gasteiger partial charge in [0.2, 0.25) is 5.95 Å². The summed E-state index contributed by atoms with van der Waals surface area (Å²) in [7, 11) is -9.35. The third kappa shape index (κ3) is 7.23. The Morgan fingerprint density at radius 1 is 0.620 bits per heavy atom. The number of rotatable bonds is 8. The first-order chi connectivity index (χ1) is 23.6. The number of fused-ring (bicyclic) bond motifs is 2. The maximum absolute atomic E-state index is 13.6. The first-order valence-corrected chi connectivity index (χ1v) is 17.5. The van der Waals surface area contributed by atoms with Gasteiger partial charge in [0, 0.05) is 34.0 Å². The van der Waals surface area contributed by atoms with Gasteiger partial charge in [-0.05, 0) is 91.9 Å². The van der Waals surface area contributed by atoms with Crippen LogP contribution in [0.25, 0.3) is 21.5 Å². The van der Waals surface area contributed by atoms with E-state index in [9.17, 15) is 34.7 Å². The molecule has 0 aliphatic heterocycles. The maximum Gasteiger partial charge on any atom is 0.296 e. The monoisotopic (exact) mass is 716 g/mol. The van der Waals surface area contributed by atoms with E-state index in [0.717, 1.165) is 23.8 Å². The summed E-state index contributed by atoms with van der Waals surface area (Å²) < 4.78 is 95.0. The van der Waals surface area contributed by atoms with Crippen molar-refractivity contribution in [1.82, 2.24) is 4.98 Å². The van der Waals surface area contributed by atoms with Crippen LogP contribution in [0.1, 0.15) is 16.7 Å². The summed E-state index contributed by atoms with van der Waals surface area (Å²) in [5.74, 6) is -1.71. The largest absolute Gasteiger partial charge is 0.340 e. The molecule has 0 spiro atoms. The van der Waals surface area contributed by atoms with Crippen LogP contribution in [-0.4, -0.2) is 30.9 Å². The zero-order valence-corrected chi connectivity index (χ0v) is 28.1. The molecule has 5 aromatic carbocycles. The lowest BCUT2D eigenvalue weighted by Gasteiger charge is -2.11. The van der Waals surface area contributed by atoms with E-state index >= 15 is 0 Å². The van der Waals surface area contributed by atoms with Crippen LogP contribution in [0.5, 0.6) is 0 Å². The van der Waals surface area contributed by atoms with Crippen LogP contribution in [-0.2, 0) is 20.2 Å². The second-order valence-corrected chi connectivity index (χ2v) is 14.2. The van der Waals surface area contributed by atoms with Gasteiger partial charge in [0.15, 0.2) is 0 Å². The predicted molar refractivity (Wildman–Crippen MR) is 184 cm³/mol. The van der Waals surface area contributed by atoms with E-state index in [1.807, 2.05) is 25.1 Å². The fourth-order valence-corrected chi connectivity index (χ4v) is 6.56. The molecule has 3 N–H and O–H groups in total. The molecular formula is C34H26F2N6O6S2. The number of nitrogens with one attached hydrogen (secondary N) is 1. The first kappa shape index (κ1) is 34.3. The Bertz CT molecular complexity index is 2630. The summed E-state index contributed by atoms with van der Waals surface area (Å²) in [6.45, 7) is 5.19. The average molecular weight is 717 g/mol. The number of halogens is 2. The summed E-state index contributed by atoms with van der Waals surface area (Å²) in [4.78, 5) is 2.70. The van der Waals surface area contributed by atoms with Gasteiger partial charge in [0.05, 0.1) is 22.0 Å². The Kier molecular flexibility index (Phi) is 8.96. The molecule has 0 bridgehead atoms. The fourth-order valence-electron chi connectivity index (χ4n) is 5.33. The number of hydrogen-bond acceptors (Lipinski definition) is 10. The van der Waals surface area contributed by atoms with Crippen molar-refractivity contribution >= 4 is 76.0 Å². The highest BCUT2D eigenvalue weighted by atomic mass is 32.2. The second-order valence-electron chi connectivity index (χ2n) is 11.4. The summed E-state index contributed by atoms with van der Waals surface area (Å²) in [6, 6.07) is 20.3. The SMILES string of the molecule is Cc1ccc2c(N=Nc3ccc(Nc4cc(F)cc(F)n4)cc3C)ccc(N=Nc3c(S(=O)(=O)O)cc(C)c4cc(S(=O)(=O)O)ccc34)c2c1. The summed E-state index contributed by atoms with van der Waals surface area (Å²) in [6.07, 6.45) is 0. The van der Waals surface area contributed by atoms with Crippen LogP contribution < -0.4 is 5.32 Å². The van der Waals surface area contributed by atoms with Gasteiger partial charge in [-0.1, -0.05) is 23.8 Å². The van der Waals surface area contributed by atoms with Crippen molar-refractivity contribution in [1.29, 1.82) is 0 Å². The van der Waals surface area contributed by atoms with Gasteiger partial charge < -0.3 is 5.32 Å². The number of azo groups is 2. The van der Waals surface area contributed by atoms with Gasteiger partial charge in [-0.3, -0.25) is 9.11 Å². The van der Waals surface area contributed by atoms with E-state index in [1.54, 1.807) is 37.3 Å². The van der Waals surface area contributed by atoms with Crippen molar-refractivity contribution in [3.63, 3.8) is 0 Å². The second kappa shape index (κ2) is 13.1. The van der Waals surface area contributed by atoms with Crippen molar-refractivity contribution in [3.05, 3.63) is 113 Å². The zero-order chi connectivity index (χ0) is 36.0. The van der Waals surface area contributed by atoms with Crippen LogP contribution in [0.3, 0.4) is 0 Å². The summed E-state index contributed by atoms with van der Waals surface area (Å²) in [5.41, 5.74) is 3.56. The first-order valence-electron chi connectivity index (χ1n) is 14.7. The Morgan fingerprint density at radius 2 is 1.28 bits per heavy atom. The Labute approximate surface area is 284 Å². The molecule has 6 aromatic rings. The minimum Gasteiger partial charge on any atom is -0.340 e. The minimum absolute atomic E-state index is 0.00587. The van der Waals surface area contributed by atoms with Crippen molar-refractivity contribution in [3.8, 4) is 0 Å². The molecule has 16 heteroatoms. The van der Waals surface area contributed by atoms with Crippen molar-refractivity contribution in [2.24, 2.45) is 20.5 Å². The van der Waals surface area contributed by atoms with Crippen LogP contribution in [0.2, 0.25) is 0 Å². The molecule has 6 rings (SSSR count). The van der Waals surface area contributed by atoms with E-state index in [-0.39, 0.29) is 22.3 Å². The number of benzene rings is 5. The Morgan fingerprint density at radius 3 is 1.96 bits per heavy atom. The van der Waals surface area contributed by atoms with E-state index in [4.69, 9.17) is 0 Å². The van der Waals surface area contributed by atoms with Crippen LogP contribution >= 0.6 is 0 Å². The zero-order valence-electron chi connectivity index (χ0n) is 26.4. The van der Waals surface area contributed by atoms with Crippen molar-refractivity contribution in [2.45, 2.75) is 30.6 Å². The lowest BCUT2D eigenvalue weighted by molar-refractivity contribution is 0.481. The van der Waals surface area contributed by atoms with Crippen molar-refractivity contribution in [2.75, 3.05) is 5.32 Å². The van der Waals surface area contributed by atoms with Crippen LogP contribution in [0.15, 0.2) is 115 Å². The molecule has 0 atom stereocenters. The highest BCUT2D eigenvalue weighted by Crippen LogP contribution is 2.40. The fraction of sp³-hybridized carbons (Fsp3) is 0.0882. The molecule has 254 valence electrons. The number of anilines is 2. The molecule has 50 heavy (non-hydrogen) atoms. The van der Waals surface area contributed by atoms with Gasteiger partial charge in [0.25, 0.3) is 20.2 Å². The molecule has 1 aromatic heterocycles. The molecule has 0 saturated heterocycles. The quantitative estimate of drug-likeness (QED) is 0.0790. The highest BCUT2D eigenvalue weighted by Gasteiger charge is 2.22. The Hall–Kier alpha value is -5.55. The molecule has 0 radical (unpaired) electrons. The summed E-state index contributed by atoms with van der Waals surface area (Å²) >= 11 is 0. The molecule has 0 unspecified atom stereocenters. The van der Waals surface area contributed by atoms with Gasteiger partial charge in [-0.15, -0.1) is 15.3 Å². The molecule has 0 saturated carbocycles. The van der Waals surface area contributed by atoms with E-state index < -0.39 is 41.8 Å². The number of pyridine rings is 1. The van der Waals surface area contributed by atoms with E-state index in [2.05, 4.69) is 30.8 Å². The molecule has 1 heterocycles. The van der Waals surface area contributed by atoms with Gasteiger partial charge in [-0.25, -0.2) is 9.37 Å². The van der Waals surface area contributed by atoms with E-state index in [0.29, 0.717) is 50.7 Å². The lowest BCUT2D eigenvalue weighted by atomic mass is 10.0. The van der Waals surface area contributed by atoms with Crippen molar-refractivity contribution < 1.29 is 34.7 Å². The number of aromatic nitrogens is 1. The summed E-state index contributed by atoms with van der Waals surface area (Å²) in [5, 5.41) is 22.0. The molecule has 12 nitrogen and oxygen atoms in total. The average Bonchev–Trinajstić information content (AvgIpc) is 3.02. The molecule has 0 aliphatic carbocycles. The minimum atomic E-state index is -4.79. The molecule has 0 aliphatic rings. The van der Waals surface area contributed by atoms with Gasteiger partial charge >= 0.3 is 0 Å². The van der Waals surface area contributed by atoms with E-state index in [1.165, 1.54) is 19.1 Å². The van der Waals surface area contributed by atoms with Gasteiger partial charge in [0.1, 0.15) is 22.2 Å². The highest BCUT2D eigenvalue weighted by molar-refractivity contribution is 7.86. The van der Waals surface area contributed by atoms with Crippen LogP contribution in [0.4, 0.5) is 43.0 Å². The third-order valence-electron chi connectivity index (χ3n) is 7.71. The lowest BCUT2D eigenvalue weighted by Crippen LogP contribution is -2.01. The molecule has 0 fully saturated rings. The normalized spacial score (nSPS) is 12.5. The molecule has 0 amide bonds. The maximum atomic E-state index is 13.6. The molecular weight excluding hydrogens is 691 g/mol. The standard InChI is InChI=1S/C34H26F2N6O6S2/c1-18-4-7-24-27(12-18)30(41-42-34-25-8-6-23(49(43,44)45)17-26(25)19(2)14-31(34)50(46,47)48)11-10-29(24)40-39-28-9-5-22(13-20(28)3)37-33-16-21(35)15-32(36)38-33/h4-17H,1-3H3,(H,37,38)(H,43,44,45)(H,46,47,48). The predicted octanol–water partition coefficient (Wildman–Crippen LogP) is 9.66.